The standard InChI is InChI=1S/C21H25N5O3/c1-12-7-6-8-13(2)26(12)21-24-18-17(20(29)25-21)15(11-16(27)23-18)19(28)22-14-9-4-3-5-10-14/h3-5,9-10,12-13,15H,6-8,11H2,1-2H3,(H,22,28)(H2,23,24,25,27,29)/t12-,13-,15-/m1/s1. The third-order valence-corrected chi connectivity index (χ3v) is 5.73. The highest BCUT2D eigenvalue weighted by molar-refractivity contribution is 6.04. The summed E-state index contributed by atoms with van der Waals surface area (Å²) in [5.74, 6) is -0.988. The molecule has 152 valence electrons. The predicted molar refractivity (Wildman–Crippen MR) is 111 cm³/mol. The third-order valence-electron chi connectivity index (χ3n) is 5.73. The van der Waals surface area contributed by atoms with Crippen molar-refractivity contribution >= 4 is 29.3 Å². The number of piperidine rings is 1. The summed E-state index contributed by atoms with van der Waals surface area (Å²) in [6.45, 7) is 4.20. The van der Waals surface area contributed by atoms with E-state index in [1.807, 2.05) is 6.07 Å². The van der Waals surface area contributed by atoms with Crippen LogP contribution >= 0.6 is 0 Å². The van der Waals surface area contributed by atoms with Crippen LogP contribution in [0.4, 0.5) is 17.5 Å². The summed E-state index contributed by atoms with van der Waals surface area (Å²) in [4.78, 5) is 47.6. The molecule has 0 aliphatic carbocycles. The number of hydrogen-bond acceptors (Lipinski definition) is 5. The number of carbonyl (C=O) groups is 2. The number of fused-ring (bicyclic) bond motifs is 1. The lowest BCUT2D eigenvalue weighted by Crippen LogP contribution is -2.46. The Balaban J connectivity index is 1.69. The third kappa shape index (κ3) is 3.74. The molecule has 1 aromatic heterocycles. The molecule has 1 aromatic carbocycles. The fourth-order valence-corrected chi connectivity index (χ4v) is 4.30. The van der Waals surface area contributed by atoms with Gasteiger partial charge in [-0.15, -0.1) is 0 Å². The molecule has 2 aliphatic heterocycles. The summed E-state index contributed by atoms with van der Waals surface area (Å²) < 4.78 is 0. The van der Waals surface area contributed by atoms with E-state index in [0.29, 0.717) is 11.6 Å². The number of benzene rings is 1. The Kier molecular flexibility index (Phi) is 5.08. The molecule has 4 rings (SSSR count). The first kappa shape index (κ1) is 19.2. The van der Waals surface area contributed by atoms with Gasteiger partial charge in [-0.1, -0.05) is 18.2 Å². The smallest absolute Gasteiger partial charge is 0.258 e. The van der Waals surface area contributed by atoms with Crippen LogP contribution in [-0.2, 0) is 9.59 Å². The second-order valence-corrected chi connectivity index (χ2v) is 7.85. The van der Waals surface area contributed by atoms with E-state index >= 15 is 0 Å². The summed E-state index contributed by atoms with van der Waals surface area (Å²) in [6, 6.07) is 9.43. The molecule has 8 nitrogen and oxygen atoms in total. The lowest BCUT2D eigenvalue weighted by atomic mass is 9.92. The van der Waals surface area contributed by atoms with Gasteiger partial charge >= 0.3 is 0 Å². The molecule has 8 heteroatoms. The van der Waals surface area contributed by atoms with Crippen molar-refractivity contribution in [1.82, 2.24) is 9.97 Å². The molecular formula is C21H25N5O3. The van der Waals surface area contributed by atoms with Crippen molar-refractivity contribution in [1.29, 1.82) is 0 Å². The molecule has 3 heterocycles. The molecule has 0 spiro atoms. The maximum atomic E-state index is 13.0. The number of aromatic amines is 1. The maximum Gasteiger partial charge on any atom is 0.258 e. The van der Waals surface area contributed by atoms with Crippen molar-refractivity contribution in [2.24, 2.45) is 0 Å². The average Bonchev–Trinajstić information content (AvgIpc) is 2.67. The zero-order chi connectivity index (χ0) is 20.5. The first-order valence-electron chi connectivity index (χ1n) is 10.0. The molecule has 2 amide bonds. The van der Waals surface area contributed by atoms with Crippen molar-refractivity contribution in [3.63, 3.8) is 0 Å². The summed E-state index contributed by atoms with van der Waals surface area (Å²) >= 11 is 0. The van der Waals surface area contributed by atoms with Crippen LogP contribution in [0.5, 0.6) is 0 Å². The van der Waals surface area contributed by atoms with Gasteiger partial charge in [0.05, 0.1) is 11.5 Å². The number of nitrogens with zero attached hydrogens (tertiary/aromatic N) is 2. The zero-order valence-corrected chi connectivity index (χ0v) is 16.6. The lowest BCUT2D eigenvalue weighted by Gasteiger charge is -2.39. The Labute approximate surface area is 168 Å². The first-order chi connectivity index (χ1) is 13.9. The van der Waals surface area contributed by atoms with E-state index in [1.165, 1.54) is 0 Å². The molecule has 1 fully saturated rings. The molecule has 3 N–H and O–H groups in total. The Morgan fingerprint density at radius 2 is 1.83 bits per heavy atom. The van der Waals surface area contributed by atoms with E-state index in [1.54, 1.807) is 24.3 Å². The molecule has 1 saturated heterocycles. The Morgan fingerprint density at radius 1 is 1.14 bits per heavy atom. The zero-order valence-electron chi connectivity index (χ0n) is 16.6. The maximum absolute atomic E-state index is 13.0. The number of H-pyrrole nitrogens is 1. The second kappa shape index (κ2) is 7.69. The average molecular weight is 395 g/mol. The predicted octanol–water partition coefficient (Wildman–Crippen LogP) is 2.60. The van der Waals surface area contributed by atoms with Gasteiger partial charge < -0.3 is 15.5 Å². The van der Waals surface area contributed by atoms with Gasteiger partial charge in [0.2, 0.25) is 17.8 Å². The SMILES string of the molecule is C[C@@H]1CCC[C@@H](C)N1c1nc2c(c(=O)[nH]1)[C@H](C(=O)Nc1ccccc1)CC(=O)N2. The number of rotatable bonds is 3. The minimum absolute atomic E-state index is 0.0910. The fourth-order valence-electron chi connectivity index (χ4n) is 4.30. The van der Waals surface area contributed by atoms with Crippen LogP contribution in [0.25, 0.3) is 0 Å². The van der Waals surface area contributed by atoms with Crippen molar-refractivity contribution in [3.05, 3.63) is 46.2 Å². The lowest BCUT2D eigenvalue weighted by molar-refractivity contribution is -0.123. The molecule has 0 radical (unpaired) electrons. The Bertz CT molecular complexity index is 978. The van der Waals surface area contributed by atoms with Gasteiger partial charge in [-0.05, 0) is 45.2 Å². The number of anilines is 3. The second-order valence-electron chi connectivity index (χ2n) is 7.85. The topological polar surface area (TPSA) is 107 Å². The van der Waals surface area contributed by atoms with Gasteiger partial charge in [-0.3, -0.25) is 19.4 Å². The number of carbonyl (C=O) groups excluding carboxylic acids is 2. The molecule has 0 bridgehead atoms. The summed E-state index contributed by atoms with van der Waals surface area (Å²) in [5, 5.41) is 5.46. The van der Waals surface area contributed by atoms with Crippen molar-refractivity contribution in [2.75, 3.05) is 15.5 Å². The van der Waals surface area contributed by atoms with Gasteiger partial charge in [0.25, 0.3) is 5.56 Å². The van der Waals surface area contributed by atoms with Crippen LogP contribution in [0.3, 0.4) is 0 Å². The van der Waals surface area contributed by atoms with Crippen LogP contribution < -0.4 is 21.1 Å². The van der Waals surface area contributed by atoms with Crippen LogP contribution in [0.1, 0.15) is 51.0 Å². The minimum Gasteiger partial charge on any atom is -0.337 e. The van der Waals surface area contributed by atoms with E-state index in [2.05, 4.69) is 39.3 Å². The summed E-state index contributed by atoms with van der Waals surface area (Å²) in [6.07, 6.45) is 3.07. The molecule has 2 aliphatic rings. The molecule has 0 unspecified atom stereocenters. The first-order valence-corrected chi connectivity index (χ1v) is 10.0. The number of hydrogen-bond donors (Lipinski definition) is 3. The van der Waals surface area contributed by atoms with Crippen LogP contribution in [0, 0.1) is 0 Å². The molecule has 0 saturated carbocycles. The van der Waals surface area contributed by atoms with Crippen LogP contribution in [0.15, 0.2) is 35.1 Å². The molecule has 3 atom stereocenters. The molecule has 29 heavy (non-hydrogen) atoms. The number of nitrogens with one attached hydrogen (secondary N) is 3. The quantitative estimate of drug-likeness (QED) is 0.741. The van der Waals surface area contributed by atoms with Crippen LogP contribution in [-0.4, -0.2) is 33.9 Å². The Hall–Kier alpha value is -3.16. The van der Waals surface area contributed by atoms with Crippen LogP contribution in [0.2, 0.25) is 0 Å². The minimum atomic E-state index is -0.888. The van der Waals surface area contributed by atoms with Crippen molar-refractivity contribution in [2.45, 2.75) is 57.5 Å². The number of aromatic nitrogens is 2. The summed E-state index contributed by atoms with van der Waals surface area (Å²) in [7, 11) is 0. The highest BCUT2D eigenvalue weighted by atomic mass is 16.2. The van der Waals surface area contributed by atoms with E-state index in [-0.39, 0.29) is 41.4 Å². The normalized spacial score (nSPS) is 23.9. The number of para-hydroxylation sites is 1. The largest absolute Gasteiger partial charge is 0.337 e. The van der Waals surface area contributed by atoms with Crippen molar-refractivity contribution in [3.8, 4) is 0 Å². The summed E-state index contributed by atoms with van der Waals surface area (Å²) in [5.41, 5.74) is 0.435. The molecular weight excluding hydrogens is 370 g/mol. The van der Waals surface area contributed by atoms with E-state index < -0.39 is 11.8 Å². The van der Waals surface area contributed by atoms with Gasteiger partial charge in [0.15, 0.2) is 0 Å². The molecule has 2 aromatic rings. The van der Waals surface area contributed by atoms with E-state index in [4.69, 9.17) is 0 Å². The van der Waals surface area contributed by atoms with Gasteiger partial charge in [-0.25, -0.2) is 0 Å². The van der Waals surface area contributed by atoms with E-state index in [9.17, 15) is 14.4 Å². The van der Waals surface area contributed by atoms with Crippen molar-refractivity contribution < 1.29 is 9.59 Å². The van der Waals surface area contributed by atoms with Gasteiger partial charge in [0, 0.05) is 24.2 Å². The Morgan fingerprint density at radius 3 is 2.52 bits per heavy atom. The highest BCUT2D eigenvalue weighted by Gasteiger charge is 2.36. The fraction of sp³-hybridized carbons (Fsp3) is 0.429. The monoisotopic (exact) mass is 395 g/mol. The highest BCUT2D eigenvalue weighted by Crippen LogP contribution is 2.32. The van der Waals surface area contributed by atoms with Gasteiger partial charge in [-0.2, -0.15) is 4.98 Å². The number of amides is 2. The van der Waals surface area contributed by atoms with Gasteiger partial charge in [0.1, 0.15) is 5.82 Å². The van der Waals surface area contributed by atoms with E-state index in [0.717, 1.165) is 19.3 Å².